The zero-order valence-corrected chi connectivity index (χ0v) is 16.2. The van der Waals surface area contributed by atoms with Crippen molar-refractivity contribution in [3.8, 4) is 11.5 Å². The van der Waals surface area contributed by atoms with Crippen molar-refractivity contribution < 1.29 is 14.3 Å². The highest BCUT2D eigenvalue weighted by Gasteiger charge is 2.19. The van der Waals surface area contributed by atoms with Crippen molar-refractivity contribution in [3.63, 3.8) is 0 Å². The third-order valence-corrected chi connectivity index (χ3v) is 4.59. The summed E-state index contributed by atoms with van der Waals surface area (Å²) in [6.07, 6.45) is 0. The van der Waals surface area contributed by atoms with Crippen molar-refractivity contribution in [3.05, 3.63) is 71.3 Å². The van der Waals surface area contributed by atoms with Gasteiger partial charge in [0, 0.05) is 5.56 Å². The van der Waals surface area contributed by atoms with Gasteiger partial charge in [-0.15, -0.1) is 0 Å². The van der Waals surface area contributed by atoms with E-state index in [1.165, 1.54) is 0 Å². The monoisotopic (exact) mass is 363 g/mol. The summed E-state index contributed by atoms with van der Waals surface area (Å²) in [5.74, 6) is 1.19. The van der Waals surface area contributed by atoms with Crippen LogP contribution in [0.4, 0.5) is 0 Å². The zero-order chi connectivity index (χ0) is 19.4. The molecule has 1 N–H and O–H groups in total. The van der Waals surface area contributed by atoms with E-state index in [1.54, 1.807) is 7.11 Å². The topological polar surface area (TPSA) is 47.6 Å². The molecule has 0 bridgehead atoms. The minimum Gasteiger partial charge on any atom is -0.496 e. The Morgan fingerprint density at radius 3 is 2.41 bits per heavy atom. The molecule has 4 nitrogen and oxygen atoms in total. The first-order valence-electron chi connectivity index (χ1n) is 9.14. The Hall–Kier alpha value is -3.01. The van der Waals surface area contributed by atoms with Crippen molar-refractivity contribution in [1.29, 1.82) is 0 Å². The van der Waals surface area contributed by atoms with Gasteiger partial charge in [-0.3, -0.25) is 4.79 Å². The molecule has 0 saturated heterocycles. The largest absolute Gasteiger partial charge is 0.496 e. The van der Waals surface area contributed by atoms with Gasteiger partial charge < -0.3 is 14.8 Å². The summed E-state index contributed by atoms with van der Waals surface area (Å²) in [5, 5.41) is 5.13. The number of nitrogens with one attached hydrogen (secondary N) is 1. The van der Waals surface area contributed by atoms with E-state index in [9.17, 15) is 4.79 Å². The van der Waals surface area contributed by atoms with Gasteiger partial charge in [0.1, 0.15) is 11.5 Å². The Balaban J connectivity index is 1.93. The highest BCUT2D eigenvalue weighted by Crippen LogP contribution is 2.29. The summed E-state index contributed by atoms with van der Waals surface area (Å²) in [5.41, 5.74) is 2.60. The number of aryl methyl sites for hydroxylation is 1. The molecule has 0 heterocycles. The van der Waals surface area contributed by atoms with E-state index in [0.29, 0.717) is 17.9 Å². The number of ether oxygens (including phenoxy) is 2. The molecule has 1 amide bonds. The predicted octanol–water partition coefficient (Wildman–Crippen LogP) is 5.05. The fourth-order valence-corrected chi connectivity index (χ4v) is 3.22. The van der Waals surface area contributed by atoms with Gasteiger partial charge in [-0.1, -0.05) is 42.0 Å². The van der Waals surface area contributed by atoms with E-state index in [0.717, 1.165) is 27.6 Å². The van der Waals surface area contributed by atoms with Gasteiger partial charge in [0.25, 0.3) is 5.91 Å². The highest BCUT2D eigenvalue weighted by molar-refractivity contribution is 6.01. The lowest BCUT2D eigenvalue weighted by Gasteiger charge is -2.19. The Morgan fingerprint density at radius 2 is 1.74 bits per heavy atom. The van der Waals surface area contributed by atoms with Crippen LogP contribution in [0.1, 0.15) is 41.4 Å². The number of carbonyl (C=O) groups excluding carboxylic acids is 1. The number of carbonyl (C=O) groups is 1. The molecule has 3 aromatic rings. The van der Waals surface area contributed by atoms with E-state index < -0.39 is 0 Å². The maximum atomic E-state index is 13.0. The van der Waals surface area contributed by atoms with Crippen LogP contribution in [-0.2, 0) is 0 Å². The third kappa shape index (κ3) is 4.05. The molecule has 0 spiro atoms. The zero-order valence-electron chi connectivity index (χ0n) is 16.2. The van der Waals surface area contributed by atoms with Gasteiger partial charge in [0.15, 0.2) is 0 Å². The molecule has 0 saturated carbocycles. The predicted molar refractivity (Wildman–Crippen MR) is 109 cm³/mol. The van der Waals surface area contributed by atoms with Crippen LogP contribution in [0.15, 0.2) is 54.6 Å². The maximum Gasteiger partial charge on any atom is 0.255 e. The van der Waals surface area contributed by atoms with Crippen molar-refractivity contribution >= 4 is 16.7 Å². The molecule has 0 radical (unpaired) electrons. The van der Waals surface area contributed by atoms with Gasteiger partial charge in [-0.05, 0) is 49.7 Å². The molecule has 0 fully saturated rings. The van der Waals surface area contributed by atoms with Crippen LogP contribution in [0.25, 0.3) is 10.8 Å². The first-order valence-corrected chi connectivity index (χ1v) is 9.14. The van der Waals surface area contributed by atoms with Crippen LogP contribution < -0.4 is 14.8 Å². The van der Waals surface area contributed by atoms with Crippen LogP contribution >= 0.6 is 0 Å². The fraction of sp³-hybridized carbons (Fsp3) is 0.261. The Labute approximate surface area is 160 Å². The number of benzene rings is 3. The molecule has 27 heavy (non-hydrogen) atoms. The minimum atomic E-state index is -0.201. The van der Waals surface area contributed by atoms with Gasteiger partial charge in [0.05, 0.1) is 25.3 Å². The van der Waals surface area contributed by atoms with Crippen molar-refractivity contribution in [2.75, 3.05) is 13.7 Å². The third-order valence-electron chi connectivity index (χ3n) is 4.59. The number of fused-ring (bicyclic) bond motifs is 1. The quantitative estimate of drug-likeness (QED) is 0.667. The van der Waals surface area contributed by atoms with E-state index in [-0.39, 0.29) is 11.9 Å². The number of methoxy groups -OCH3 is 1. The maximum absolute atomic E-state index is 13.0. The van der Waals surface area contributed by atoms with Crippen molar-refractivity contribution in [2.24, 2.45) is 0 Å². The Kier molecular flexibility index (Phi) is 5.65. The molecule has 3 rings (SSSR count). The Bertz CT molecular complexity index is 965. The molecule has 1 atom stereocenters. The van der Waals surface area contributed by atoms with Crippen molar-refractivity contribution in [1.82, 2.24) is 5.32 Å². The lowest BCUT2D eigenvalue weighted by molar-refractivity contribution is 0.0936. The Morgan fingerprint density at radius 1 is 1.04 bits per heavy atom. The number of hydrogen-bond acceptors (Lipinski definition) is 3. The van der Waals surface area contributed by atoms with E-state index >= 15 is 0 Å². The molecule has 1 unspecified atom stereocenters. The van der Waals surface area contributed by atoms with Crippen LogP contribution in [-0.4, -0.2) is 19.6 Å². The summed E-state index contributed by atoms with van der Waals surface area (Å²) in [6.45, 7) is 6.39. The second-order valence-corrected chi connectivity index (χ2v) is 6.57. The molecular weight excluding hydrogens is 338 g/mol. The summed E-state index contributed by atoms with van der Waals surface area (Å²) >= 11 is 0. The smallest absolute Gasteiger partial charge is 0.255 e. The summed E-state index contributed by atoms with van der Waals surface area (Å²) < 4.78 is 11.2. The van der Waals surface area contributed by atoms with E-state index in [1.807, 2.05) is 75.4 Å². The van der Waals surface area contributed by atoms with Crippen LogP contribution in [0.3, 0.4) is 0 Å². The van der Waals surface area contributed by atoms with Gasteiger partial charge in [0.2, 0.25) is 0 Å². The lowest BCUT2D eigenvalue weighted by Crippen LogP contribution is -2.27. The summed E-state index contributed by atoms with van der Waals surface area (Å²) in [6, 6.07) is 17.5. The molecule has 140 valence electrons. The average molecular weight is 363 g/mol. The van der Waals surface area contributed by atoms with Gasteiger partial charge >= 0.3 is 0 Å². The van der Waals surface area contributed by atoms with Crippen molar-refractivity contribution in [2.45, 2.75) is 26.8 Å². The van der Waals surface area contributed by atoms with E-state index in [2.05, 4.69) is 5.32 Å². The summed E-state index contributed by atoms with van der Waals surface area (Å²) in [4.78, 5) is 13.0. The van der Waals surface area contributed by atoms with Crippen LogP contribution in [0.2, 0.25) is 0 Å². The second-order valence-electron chi connectivity index (χ2n) is 6.57. The number of amides is 1. The standard InChI is InChI=1S/C23H25NO3/c1-5-27-22-14-18-9-7-6-8-17(18)13-20(22)23(25)24-16(3)19-12-15(2)10-11-21(19)26-4/h6-14,16H,5H2,1-4H3,(H,24,25). The molecule has 0 aliphatic heterocycles. The average Bonchev–Trinajstić information content (AvgIpc) is 2.67. The molecular formula is C23H25NO3. The molecule has 0 aromatic heterocycles. The first-order chi connectivity index (χ1) is 13.0. The first kappa shape index (κ1) is 18.8. The second kappa shape index (κ2) is 8.12. The SMILES string of the molecule is CCOc1cc2ccccc2cc1C(=O)NC(C)c1cc(C)ccc1OC. The number of rotatable bonds is 6. The minimum absolute atomic E-state index is 0.166. The molecule has 0 aliphatic rings. The van der Waals surface area contributed by atoms with Gasteiger partial charge in [-0.2, -0.15) is 0 Å². The normalized spacial score (nSPS) is 11.9. The van der Waals surface area contributed by atoms with Crippen LogP contribution in [0.5, 0.6) is 11.5 Å². The van der Waals surface area contributed by atoms with Gasteiger partial charge in [-0.25, -0.2) is 0 Å². The molecule has 3 aromatic carbocycles. The molecule has 4 heteroatoms. The van der Waals surface area contributed by atoms with E-state index in [4.69, 9.17) is 9.47 Å². The summed E-state index contributed by atoms with van der Waals surface area (Å²) in [7, 11) is 1.64. The van der Waals surface area contributed by atoms with Crippen LogP contribution in [0, 0.1) is 6.92 Å². The number of hydrogen-bond donors (Lipinski definition) is 1. The highest BCUT2D eigenvalue weighted by atomic mass is 16.5. The lowest BCUT2D eigenvalue weighted by atomic mass is 10.0. The molecule has 0 aliphatic carbocycles. The fourth-order valence-electron chi connectivity index (χ4n) is 3.22.